The van der Waals surface area contributed by atoms with E-state index in [9.17, 15) is 27.1 Å². The van der Waals surface area contributed by atoms with Crippen molar-refractivity contribution in [2.75, 3.05) is 25.0 Å². The molecule has 1 unspecified atom stereocenters. The van der Waals surface area contributed by atoms with E-state index in [0.29, 0.717) is 48.8 Å². The minimum Gasteiger partial charge on any atom is -0.475 e. The van der Waals surface area contributed by atoms with Gasteiger partial charge in [0.2, 0.25) is 5.88 Å². The van der Waals surface area contributed by atoms with Gasteiger partial charge < -0.3 is 20.1 Å². The minimum atomic E-state index is -4.62. The summed E-state index contributed by atoms with van der Waals surface area (Å²) in [5.41, 5.74) is -0.341. The Kier molecular flexibility index (Phi) is 8.10. The van der Waals surface area contributed by atoms with Gasteiger partial charge in [0.15, 0.2) is 0 Å². The molecule has 4 rings (SSSR count). The van der Waals surface area contributed by atoms with Gasteiger partial charge in [-0.3, -0.25) is 0 Å². The van der Waals surface area contributed by atoms with Gasteiger partial charge in [0.05, 0.1) is 11.5 Å². The molecule has 0 amide bonds. The molecule has 1 saturated heterocycles. The number of benzene rings is 1. The predicted octanol–water partition coefficient (Wildman–Crippen LogP) is 5.35. The number of nitrogens with one attached hydrogen (secondary N) is 1. The van der Waals surface area contributed by atoms with Gasteiger partial charge in [0.25, 0.3) is 0 Å². The van der Waals surface area contributed by atoms with Crippen LogP contribution in [-0.4, -0.2) is 44.7 Å². The number of alkyl halides is 3. The standard InChI is InChI=1S/C26H26F5N5O2/c1-15-32-13-18(21(37)14-38-23-8-4-7-22(35-23)26(29,30)31)24(33-15)17-9-11-36(12-10-17)16(2)34-25-19(27)5-3-6-20(25)28/h3-8,13,17,21,34,37H,2,9-12,14H2,1H3. The summed E-state index contributed by atoms with van der Waals surface area (Å²) in [6, 6.07) is 6.87. The van der Waals surface area contributed by atoms with Gasteiger partial charge in [-0.05, 0) is 38.0 Å². The van der Waals surface area contributed by atoms with E-state index in [4.69, 9.17) is 4.74 Å². The zero-order valence-electron chi connectivity index (χ0n) is 20.5. The van der Waals surface area contributed by atoms with Crippen LogP contribution in [0, 0.1) is 18.6 Å². The lowest BCUT2D eigenvalue weighted by Crippen LogP contribution is -2.35. The molecule has 1 atom stereocenters. The van der Waals surface area contributed by atoms with Gasteiger partial charge >= 0.3 is 6.18 Å². The molecule has 12 heteroatoms. The SMILES string of the molecule is C=C(Nc1c(F)cccc1F)N1CCC(c2nc(C)ncc2C(O)COc2cccc(C(F)(F)F)n2)CC1. The highest BCUT2D eigenvalue weighted by Crippen LogP contribution is 2.33. The molecule has 3 heterocycles. The Morgan fingerprint density at radius 3 is 2.45 bits per heavy atom. The number of aromatic nitrogens is 3. The lowest BCUT2D eigenvalue weighted by Gasteiger charge is -2.35. The Balaban J connectivity index is 1.41. The zero-order valence-corrected chi connectivity index (χ0v) is 20.5. The first kappa shape index (κ1) is 27.2. The van der Waals surface area contributed by atoms with E-state index in [-0.39, 0.29) is 24.1 Å². The number of halogens is 5. The Bertz CT molecular complexity index is 1280. The van der Waals surface area contributed by atoms with Crippen molar-refractivity contribution in [3.63, 3.8) is 0 Å². The van der Waals surface area contributed by atoms with Gasteiger partial charge in [-0.1, -0.05) is 18.7 Å². The highest BCUT2D eigenvalue weighted by Gasteiger charge is 2.33. The summed E-state index contributed by atoms with van der Waals surface area (Å²) in [5.74, 6) is -0.924. The third-order valence-electron chi connectivity index (χ3n) is 6.23. The molecule has 1 aromatic carbocycles. The number of para-hydroxylation sites is 1. The third kappa shape index (κ3) is 6.36. The first-order chi connectivity index (χ1) is 18.0. The van der Waals surface area contributed by atoms with Crippen LogP contribution in [0.15, 0.2) is 55.0 Å². The van der Waals surface area contributed by atoms with E-state index in [1.165, 1.54) is 24.4 Å². The summed E-state index contributed by atoms with van der Waals surface area (Å²) in [7, 11) is 0. The van der Waals surface area contributed by atoms with E-state index in [0.717, 1.165) is 18.2 Å². The second-order valence-corrected chi connectivity index (χ2v) is 8.87. The van der Waals surface area contributed by atoms with Crippen molar-refractivity contribution in [1.82, 2.24) is 19.9 Å². The number of aliphatic hydroxyl groups excluding tert-OH is 1. The van der Waals surface area contributed by atoms with Crippen LogP contribution in [-0.2, 0) is 6.18 Å². The maximum Gasteiger partial charge on any atom is 0.433 e. The number of piperidine rings is 1. The summed E-state index contributed by atoms with van der Waals surface area (Å²) in [4.78, 5) is 14.0. The fourth-order valence-corrected chi connectivity index (χ4v) is 4.25. The monoisotopic (exact) mass is 535 g/mol. The summed E-state index contributed by atoms with van der Waals surface area (Å²) in [5, 5.41) is 13.5. The molecule has 2 aromatic heterocycles. The molecule has 0 aliphatic carbocycles. The van der Waals surface area contributed by atoms with E-state index in [2.05, 4.69) is 26.8 Å². The average molecular weight is 536 g/mol. The van der Waals surface area contributed by atoms with E-state index >= 15 is 0 Å². The highest BCUT2D eigenvalue weighted by molar-refractivity contribution is 5.50. The van der Waals surface area contributed by atoms with Crippen LogP contribution >= 0.6 is 0 Å². The smallest absolute Gasteiger partial charge is 0.433 e. The third-order valence-corrected chi connectivity index (χ3v) is 6.23. The summed E-state index contributed by atoms with van der Waals surface area (Å²) >= 11 is 0. The Hall–Kier alpha value is -3.80. The number of hydrogen-bond acceptors (Lipinski definition) is 7. The van der Waals surface area contributed by atoms with Crippen molar-refractivity contribution >= 4 is 5.69 Å². The summed E-state index contributed by atoms with van der Waals surface area (Å²) in [6.45, 7) is 6.30. The molecule has 1 aliphatic rings. The van der Waals surface area contributed by atoms with Crippen molar-refractivity contribution in [3.8, 4) is 5.88 Å². The van der Waals surface area contributed by atoms with Crippen LogP contribution in [0.2, 0.25) is 0 Å². The highest BCUT2D eigenvalue weighted by atomic mass is 19.4. The zero-order chi connectivity index (χ0) is 27.4. The van der Waals surface area contributed by atoms with Gasteiger partial charge in [0.1, 0.15) is 41.6 Å². The Labute approximate surface area is 216 Å². The van der Waals surface area contributed by atoms with Crippen LogP contribution in [0.5, 0.6) is 5.88 Å². The predicted molar refractivity (Wildman–Crippen MR) is 129 cm³/mol. The van der Waals surface area contributed by atoms with Gasteiger partial charge in [-0.2, -0.15) is 13.2 Å². The first-order valence-electron chi connectivity index (χ1n) is 11.9. The molecule has 1 aliphatic heterocycles. The maximum atomic E-state index is 14.0. The van der Waals surface area contributed by atoms with E-state index in [1.54, 1.807) is 6.92 Å². The first-order valence-corrected chi connectivity index (χ1v) is 11.9. The topological polar surface area (TPSA) is 83.4 Å². The summed E-state index contributed by atoms with van der Waals surface area (Å²) in [6.07, 6.45) is -3.13. The van der Waals surface area contributed by atoms with Crippen molar-refractivity contribution < 1.29 is 31.8 Å². The molecule has 2 N–H and O–H groups in total. The number of hydrogen-bond donors (Lipinski definition) is 2. The van der Waals surface area contributed by atoms with Gasteiger partial charge in [-0.15, -0.1) is 0 Å². The van der Waals surface area contributed by atoms with Crippen LogP contribution in [0.25, 0.3) is 0 Å². The number of nitrogens with zero attached hydrogens (tertiary/aromatic N) is 4. The van der Waals surface area contributed by atoms with Gasteiger partial charge in [0, 0.05) is 36.8 Å². The molecular weight excluding hydrogens is 509 g/mol. The molecule has 0 radical (unpaired) electrons. The number of pyridine rings is 1. The molecule has 0 spiro atoms. The number of anilines is 1. The lowest BCUT2D eigenvalue weighted by atomic mass is 9.89. The van der Waals surface area contributed by atoms with Gasteiger partial charge in [-0.25, -0.2) is 23.7 Å². The Morgan fingerprint density at radius 1 is 1.13 bits per heavy atom. The summed E-state index contributed by atoms with van der Waals surface area (Å²) < 4.78 is 72.1. The van der Waals surface area contributed by atoms with Crippen molar-refractivity contribution in [1.29, 1.82) is 0 Å². The van der Waals surface area contributed by atoms with Crippen LogP contribution < -0.4 is 10.1 Å². The second-order valence-electron chi connectivity index (χ2n) is 8.87. The number of rotatable bonds is 8. The fraction of sp³-hybridized carbons (Fsp3) is 0.346. The molecule has 0 bridgehead atoms. The largest absolute Gasteiger partial charge is 0.475 e. The van der Waals surface area contributed by atoms with Crippen LogP contribution in [0.3, 0.4) is 0 Å². The fourth-order valence-electron chi connectivity index (χ4n) is 4.25. The lowest BCUT2D eigenvalue weighted by molar-refractivity contribution is -0.141. The number of aliphatic hydroxyl groups is 1. The number of ether oxygens (including phenoxy) is 1. The number of aryl methyl sites for hydroxylation is 1. The normalized spacial score (nSPS) is 15.3. The number of likely N-dealkylation sites (tertiary alicyclic amines) is 1. The molecule has 202 valence electrons. The van der Waals surface area contributed by atoms with E-state index in [1.807, 2.05) is 4.90 Å². The van der Waals surface area contributed by atoms with Crippen molar-refractivity contribution in [3.05, 3.63) is 89.4 Å². The van der Waals surface area contributed by atoms with Crippen LogP contribution in [0.4, 0.5) is 27.6 Å². The molecule has 3 aromatic rings. The molecule has 7 nitrogen and oxygen atoms in total. The minimum absolute atomic E-state index is 0.0673. The second kappa shape index (κ2) is 11.3. The molecule has 38 heavy (non-hydrogen) atoms. The quantitative estimate of drug-likeness (QED) is 0.376. The van der Waals surface area contributed by atoms with Crippen molar-refractivity contribution in [2.24, 2.45) is 0 Å². The van der Waals surface area contributed by atoms with Crippen LogP contribution in [0.1, 0.15) is 47.6 Å². The molecule has 1 fully saturated rings. The maximum absolute atomic E-state index is 14.0. The molecule has 0 saturated carbocycles. The molecular formula is C26H26F5N5O2. The van der Waals surface area contributed by atoms with Crippen molar-refractivity contribution in [2.45, 2.75) is 38.0 Å². The Morgan fingerprint density at radius 2 is 1.79 bits per heavy atom. The average Bonchev–Trinajstić information content (AvgIpc) is 2.89. The van der Waals surface area contributed by atoms with E-state index < -0.39 is 29.6 Å².